The van der Waals surface area contributed by atoms with Gasteiger partial charge in [-0.3, -0.25) is 4.57 Å². The summed E-state index contributed by atoms with van der Waals surface area (Å²) in [5, 5.41) is 0.784. The Labute approximate surface area is 86.4 Å². The van der Waals surface area contributed by atoms with Crippen LogP contribution in [0.15, 0.2) is 24.3 Å². The first-order valence-corrected chi connectivity index (χ1v) is 5.54. The molecule has 1 rings (SSSR count). The van der Waals surface area contributed by atoms with Gasteiger partial charge < -0.3 is 20.4 Å². The van der Waals surface area contributed by atoms with Gasteiger partial charge in [0.25, 0.3) is 7.82 Å². The maximum atomic E-state index is 8.77. The van der Waals surface area contributed by atoms with E-state index < -0.39 is 7.82 Å². The standard InChI is InChI=1S/C7H8ClN.H3O4P/c8-7-3-1-6(5-9)2-4-7;1-5(2,3)4/h1-4H,5,9H2;(H3,1,2,3,4). The van der Waals surface area contributed by atoms with Gasteiger partial charge >= 0.3 is 0 Å². The van der Waals surface area contributed by atoms with Crippen molar-refractivity contribution in [2.75, 3.05) is 0 Å². The minimum Gasteiger partial charge on any atom is -0.756 e. The number of hydrogen-bond acceptors (Lipinski definition) is 2. The van der Waals surface area contributed by atoms with E-state index >= 15 is 0 Å². The lowest BCUT2D eigenvalue weighted by atomic mass is 10.2. The summed E-state index contributed by atoms with van der Waals surface area (Å²) in [6.45, 7) is 0.831. The first-order valence-electron chi connectivity index (χ1n) is 3.63. The quantitative estimate of drug-likeness (QED) is 0.575. The molecule has 1 aromatic carbocycles. The summed E-state index contributed by atoms with van der Waals surface area (Å²) in [6.07, 6.45) is 0. The Morgan fingerprint density at radius 2 is 1.71 bits per heavy atom. The molecule has 0 unspecified atom stereocenters. The summed E-state index contributed by atoms with van der Waals surface area (Å²) < 4.78 is 8.77. The molecule has 0 heterocycles. The van der Waals surface area contributed by atoms with Gasteiger partial charge in [-0.2, -0.15) is 0 Å². The third-order valence-electron chi connectivity index (χ3n) is 1.20. The molecule has 0 aliphatic heterocycles. The topological polar surface area (TPSA) is 108 Å². The van der Waals surface area contributed by atoms with Crippen molar-refractivity contribution in [2.45, 2.75) is 6.54 Å². The lowest BCUT2D eigenvalue weighted by Gasteiger charge is -2.01. The van der Waals surface area contributed by atoms with E-state index in [1.165, 1.54) is 5.56 Å². The zero-order valence-corrected chi connectivity index (χ0v) is 8.91. The summed E-state index contributed by atoms with van der Waals surface area (Å²) in [6, 6.07) is 7.72. The Morgan fingerprint density at radius 3 is 2.00 bits per heavy atom. The van der Waals surface area contributed by atoms with E-state index in [1.807, 2.05) is 24.3 Å². The Balaban J connectivity index is 0.000000292. The second-order valence-electron chi connectivity index (χ2n) is 2.37. The molecule has 0 bridgehead atoms. The van der Waals surface area contributed by atoms with Crippen LogP contribution in [0.2, 0.25) is 5.02 Å². The molecule has 1 aromatic rings. The van der Waals surface area contributed by atoms with E-state index in [1.54, 1.807) is 0 Å². The summed E-state index contributed by atoms with van der Waals surface area (Å²) >= 11 is 5.65. The fourth-order valence-corrected chi connectivity index (χ4v) is 0.777. The minimum absolute atomic E-state index is 0.784. The van der Waals surface area contributed by atoms with Crippen molar-refractivity contribution in [1.82, 2.24) is 0 Å². The molecule has 5 N–H and O–H groups in total. The lowest BCUT2D eigenvalue weighted by Crippen LogP contribution is -2.47. The molecule has 0 aromatic heterocycles. The van der Waals surface area contributed by atoms with Crippen molar-refractivity contribution in [3.05, 3.63) is 34.9 Å². The zero-order chi connectivity index (χ0) is 11.2. The van der Waals surface area contributed by atoms with Gasteiger partial charge in [0.2, 0.25) is 0 Å². The number of phosphoric acid groups is 1. The van der Waals surface area contributed by atoms with Gasteiger partial charge in [0.15, 0.2) is 0 Å². The molecule has 0 aliphatic rings. The van der Waals surface area contributed by atoms with E-state index in [0.717, 1.165) is 11.6 Å². The molecule has 14 heavy (non-hydrogen) atoms. The maximum absolute atomic E-state index is 8.77. The lowest BCUT2D eigenvalue weighted by molar-refractivity contribution is -0.386. The predicted octanol–water partition coefficient (Wildman–Crippen LogP) is -0.479. The summed E-state index contributed by atoms with van der Waals surface area (Å²) in [5.41, 5.74) is 4.96. The molecule has 0 aliphatic carbocycles. The Bertz CT molecular complexity index is 302. The summed E-state index contributed by atoms with van der Waals surface area (Å²) in [7, 11) is -4.89. The summed E-state index contributed by atoms with van der Waals surface area (Å²) in [4.78, 5) is 22.9. The van der Waals surface area contributed by atoms with E-state index in [4.69, 9.17) is 30.8 Å². The van der Waals surface area contributed by atoms with Crippen LogP contribution in [0, 0.1) is 0 Å². The van der Waals surface area contributed by atoms with Crippen molar-refractivity contribution >= 4 is 19.4 Å². The van der Waals surface area contributed by atoms with Gasteiger partial charge in [-0.15, -0.1) is 0 Å². The smallest absolute Gasteiger partial charge is 0.262 e. The number of halogens is 1. The summed E-state index contributed by atoms with van der Waals surface area (Å²) in [5.74, 6) is 0. The van der Waals surface area contributed by atoms with E-state index in [9.17, 15) is 0 Å². The molecule has 0 spiro atoms. The fourth-order valence-electron chi connectivity index (χ4n) is 0.651. The van der Waals surface area contributed by atoms with Crippen LogP contribution in [0.25, 0.3) is 0 Å². The minimum atomic E-state index is -4.89. The van der Waals surface area contributed by atoms with Crippen LogP contribution in [-0.4, -0.2) is 9.79 Å². The molecule has 0 radical (unpaired) electrons. The van der Waals surface area contributed by atoms with Crippen molar-refractivity contribution in [3.63, 3.8) is 0 Å². The van der Waals surface area contributed by atoms with Crippen molar-refractivity contribution in [3.8, 4) is 0 Å². The third kappa shape index (κ3) is 9.67. The van der Waals surface area contributed by atoms with Crippen LogP contribution in [0.4, 0.5) is 0 Å². The molecular formula is C7H11ClNO4P. The monoisotopic (exact) mass is 239 g/mol. The van der Waals surface area contributed by atoms with E-state index in [2.05, 4.69) is 5.73 Å². The Morgan fingerprint density at radius 1 is 1.36 bits per heavy atom. The molecule has 7 heteroatoms. The molecule has 0 saturated carbocycles. The van der Waals surface area contributed by atoms with Gasteiger partial charge in [-0.05, 0) is 12.1 Å². The van der Waals surface area contributed by atoms with Crippen molar-refractivity contribution in [2.24, 2.45) is 0 Å². The number of rotatable bonds is 1. The van der Waals surface area contributed by atoms with Crippen LogP contribution in [-0.2, 0) is 11.1 Å². The van der Waals surface area contributed by atoms with Gasteiger partial charge in [0.1, 0.15) is 0 Å². The van der Waals surface area contributed by atoms with E-state index in [0.29, 0.717) is 0 Å². The van der Waals surface area contributed by atoms with Crippen molar-refractivity contribution < 1.29 is 25.0 Å². The average molecular weight is 240 g/mol. The van der Waals surface area contributed by atoms with E-state index in [-0.39, 0.29) is 0 Å². The zero-order valence-electron chi connectivity index (χ0n) is 7.26. The Hall–Kier alpha value is -0.420. The number of hydrogen-bond donors (Lipinski definition) is 3. The van der Waals surface area contributed by atoms with Crippen LogP contribution in [0.3, 0.4) is 0 Å². The highest BCUT2D eigenvalue weighted by Crippen LogP contribution is 2.18. The molecule has 5 nitrogen and oxygen atoms in total. The van der Waals surface area contributed by atoms with Crippen LogP contribution >= 0.6 is 19.4 Å². The fraction of sp³-hybridized carbons (Fsp3) is 0.143. The number of quaternary nitrogens is 1. The average Bonchev–Trinajstić information content (AvgIpc) is 2.03. The maximum Gasteiger partial charge on any atom is 0.262 e. The molecule has 0 amide bonds. The van der Waals surface area contributed by atoms with Crippen LogP contribution < -0.4 is 10.6 Å². The first-order chi connectivity index (χ1) is 6.33. The third-order valence-corrected chi connectivity index (χ3v) is 1.45. The molecule has 0 fully saturated rings. The number of benzene rings is 1. The molecule has 80 valence electrons. The molecule has 0 saturated heterocycles. The van der Waals surface area contributed by atoms with Gasteiger partial charge in [-0.25, -0.2) is 0 Å². The normalized spacial score (nSPS) is 10.4. The highest BCUT2D eigenvalue weighted by atomic mass is 35.5. The first kappa shape index (κ1) is 13.6. The molecule has 0 atom stereocenters. The SMILES string of the molecule is O=P([O-])(O)O.[NH3+]Cc1ccc(Cl)cc1. The largest absolute Gasteiger partial charge is 0.756 e. The highest BCUT2D eigenvalue weighted by molar-refractivity contribution is 7.43. The van der Waals surface area contributed by atoms with Crippen LogP contribution in [0.1, 0.15) is 5.56 Å². The van der Waals surface area contributed by atoms with Crippen LogP contribution in [0.5, 0.6) is 0 Å². The van der Waals surface area contributed by atoms with Gasteiger partial charge in [-0.1, -0.05) is 23.7 Å². The molecular weight excluding hydrogens is 229 g/mol. The van der Waals surface area contributed by atoms with Crippen molar-refractivity contribution in [1.29, 1.82) is 0 Å². The second-order valence-corrected chi connectivity index (χ2v) is 3.78. The Kier molecular flexibility index (Phi) is 5.95. The highest BCUT2D eigenvalue weighted by Gasteiger charge is 1.88. The van der Waals surface area contributed by atoms with Gasteiger partial charge in [0.05, 0.1) is 6.54 Å². The predicted molar refractivity (Wildman–Crippen MR) is 50.1 cm³/mol. The van der Waals surface area contributed by atoms with Gasteiger partial charge in [0, 0.05) is 10.6 Å². The second kappa shape index (κ2) is 6.14.